The van der Waals surface area contributed by atoms with Crippen molar-refractivity contribution < 1.29 is 4.92 Å². The average Bonchev–Trinajstić information content (AvgIpc) is 2.57. The number of aryl methyl sites for hydroxylation is 1. The van der Waals surface area contributed by atoms with Gasteiger partial charge in [-0.25, -0.2) is 0 Å². The Morgan fingerprint density at radius 2 is 2.25 bits per heavy atom. The molecule has 16 heavy (non-hydrogen) atoms. The summed E-state index contributed by atoms with van der Waals surface area (Å²) in [5.74, 6) is 0. The van der Waals surface area contributed by atoms with Crippen molar-refractivity contribution in [1.29, 1.82) is 0 Å². The summed E-state index contributed by atoms with van der Waals surface area (Å²) < 4.78 is 1.78. The van der Waals surface area contributed by atoms with E-state index in [2.05, 4.69) is 5.32 Å². The Labute approximate surface area is 92.8 Å². The third-order valence-electron chi connectivity index (χ3n) is 2.61. The van der Waals surface area contributed by atoms with Gasteiger partial charge in [-0.3, -0.25) is 10.1 Å². The van der Waals surface area contributed by atoms with Crippen LogP contribution in [0, 0.1) is 10.1 Å². The third kappa shape index (κ3) is 1.65. The highest BCUT2D eigenvalue weighted by molar-refractivity contribution is 5.90. The Bertz CT molecular complexity index is 545. The summed E-state index contributed by atoms with van der Waals surface area (Å²) in [5.41, 5.74) is 2.17. The van der Waals surface area contributed by atoms with Gasteiger partial charge < -0.3 is 9.88 Å². The summed E-state index contributed by atoms with van der Waals surface area (Å²) in [7, 11) is 3.69. The topological polar surface area (TPSA) is 60.1 Å². The lowest BCUT2D eigenvalue weighted by Crippen LogP contribution is -2.04. The molecule has 0 bridgehead atoms. The maximum atomic E-state index is 10.8. The lowest BCUT2D eigenvalue weighted by molar-refractivity contribution is -0.383. The number of benzene rings is 1. The van der Waals surface area contributed by atoms with Gasteiger partial charge in [0, 0.05) is 13.6 Å². The summed E-state index contributed by atoms with van der Waals surface area (Å²) in [6, 6.07) is 5.69. The number of aromatic nitrogens is 1. The maximum absolute atomic E-state index is 10.8. The molecule has 0 aliphatic rings. The first-order valence-electron chi connectivity index (χ1n) is 5.00. The number of nitrogens with zero attached hydrogens (tertiary/aromatic N) is 2. The largest absolute Gasteiger partial charge is 0.344 e. The van der Waals surface area contributed by atoms with Crippen LogP contribution in [-0.2, 0) is 13.6 Å². The van der Waals surface area contributed by atoms with Crippen molar-refractivity contribution in [2.75, 3.05) is 7.05 Å². The van der Waals surface area contributed by atoms with Crippen LogP contribution in [0.25, 0.3) is 10.9 Å². The minimum absolute atomic E-state index is 0.161. The summed E-state index contributed by atoms with van der Waals surface area (Å²) in [4.78, 5) is 10.5. The highest BCUT2D eigenvalue weighted by Gasteiger charge is 2.15. The van der Waals surface area contributed by atoms with Crippen LogP contribution in [0.3, 0.4) is 0 Å². The van der Waals surface area contributed by atoms with Crippen LogP contribution in [0.4, 0.5) is 5.69 Å². The number of fused-ring (bicyclic) bond motifs is 1. The van der Waals surface area contributed by atoms with Gasteiger partial charge in [0.15, 0.2) is 0 Å². The van der Waals surface area contributed by atoms with Crippen LogP contribution in [0.1, 0.15) is 5.56 Å². The standard InChI is InChI=1S/C11H13N3O2/c1-12-6-8-3-4-9-10(5-8)13(2)7-11(9)14(15)16/h3-5,7,12H,6H2,1-2H3. The van der Waals surface area contributed by atoms with Gasteiger partial charge in [0.05, 0.1) is 22.0 Å². The summed E-state index contributed by atoms with van der Waals surface area (Å²) >= 11 is 0. The van der Waals surface area contributed by atoms with Gasteiger partial charge in [-0.2, -0.15) is 0 Å². The van der Waals surface area contributed by atoms with E-state index in [4.69, 9.17) is 0 Å². The second kappa shape index (κ2) is 3.94. The number of nitrogens with one attached hydrogen (secondary N) is 1. The number of hydrogen-bond donors (Lipinski definition) is 1. The van der Waals surface area contributed by atoms with Crippen molar-refractivity contribution in [3.05, 3.63) is 40.1 Å². The molecule has 2 rings (SSSR count). The molecule has 0 atom stereocenters. The third-order valence-corrected chi connectivity index (χ3v) is 2.61. The van der Waals surface area contributed by atoms with E-state index >= 15 is 0 Å². The van der Waals surface area contributed by atoms with Crippen molar-refractivity contribution in [1.82, 2.24) is 9.88 Å². The van der Waals surface area contributed by atoms with Gasteiger partial charge in [-0.05, 0) is 24.7 Å². The normalized spacial score (nSPS) is 10.9. The van der Waals surface area contributed by atoms with E-state index in [1.165, 1.54) is 0 Å². The molecule has 2 aromatic rings. The van der Waals surface area contributed by atoms with Gasteiger partial charge in [-0.15, -0.1) is 0 Å². The fourth-order valence-corrected chi connectivity index (χ4v) is 1.87. The van der Waals surface area contributed by atoms with Gasteiger partial charge in [0.1, 0.15) is 0 Å². The molecule has 0 aliphatic carbocycles. The SMILES string of the molecule is CNCc1ccc2c([N+](=O)[O-])cn(C)c2c1. The second-order valence-corrected chi connectivity index (χ2v) is 3.76. The molecular formula is C11H13N3O2. The minimum Gasteiger partial charge on any atom is -0.344 e. The maximum Gasteiger partial charge on any atom is 0.294 e. The van der Waals surface area contributed by atoms with E-state index in [1.54, 1.807) is 16.8 Å². The van der Waals surface area contributed by atoms with Crippen molar-refractivity contribution in [3.8, 4) is 0 Å². The minimum atomic E-state index is -0.347. The number of rotatable bonds is 3. The molecule has 1 N–H and O–H groups in total. The fraction of sp³-hybridized carbons (Fsp3) is 0.273. The Hall–Kier alpha value is -1.88. The molecule has 0 radical (unpaired) electrons. The molecule has 5 nitrogen and oxygen atoms in total. The van der Waals surface area contributed by atoms with Gasteiger partial charge in [-0.1, -0.05) is 6.07 Å². The highest BCUT2D eigenvalue weighted by Crippen LogP contribution is 2.27. The van der Waals surface area contributed by atoms with Crippen LogP contribution in [0.2, 0.25) is 0 Å². The lowest BCUT2D eigenvalue weighted by Gasteiger charge is -2.01. The first kappa shape index (κ1) is 10.6. The first-order chi connectivity index (χ1) is 7.63. The average molecular weight is 219 g/mol. The summed E-state index contributed by atoms with van der Waals surface area (Å²) in [6.45, 7) is 0.759. The number of nitro groups is 1. The van der Waals surface area contributed by atoms with Gasteiger partial charge >= 0.3 is 0 Å². The van der Waals surface area contributed by atoms with Crippen molar-refractivity contribution in [2.24, 2.45) is 7.05 Å². The van der Waals surface area contributed by atoms with E-state index in [-0.39, 0.29) is 10.6 Å². The van der Waals surface area contributed by atoms with E-state index in [0.717, 1.165) is 17.6 Å². The van der Waals surface area contributed by atoms with E-state index in [9.17, 15) is 10.1 Å². The smallest absolute Gasteiger partial charge is 0.294 e. The molecule has 1 aromatic heterocycles. The Morgan fingerprint density at radius 1 is 1.50 bits per heavy atom. The van der Waals surface area contributed by atoms with Gasteiger partial charge in [0.25, 0.3) is 5.69 Å². The monoisotopic (exact) mass is 219 g/mol. The van der Waals surface area contributed by atoms with Crippen LogP contribution in [-0.4, -0.2) is 16.5 Å². The molecule has 0 fully saturated rings. The molecule has 0 spiro atoms. The summed E-state index contributed by atoms with van der Waals surface area (Å²) in [5, 5.41) is 14.6. The first-order valence-corrected chi connectivity index (χ1v) is 5.00. The molecular weight excluding hydrogens is 206 g/mol. The molecule has 1 heterocycles. The Morgan fingerprint density at radius 3 is 2.88 bits per heavy atom. The zero-order valence-corrected chi connectivity index (χ0v) is 9.23. The zero-order valence-electron chi connectivity index (χ0n) is 9.23. The van der Waals surface area contributed by atoms with Crippen molar-refractivity contribution in [2.45, 2.75) is 6.54 Å². The van der Waals surface area contributed by atoms with Crippen molar-refractivity contribution in [3.63, 3.8) is 0 Å². The number of hydrogen-bond acceptors (Lipinski definition) is 3. The Balaban J connectivity index is 2.62. The molecule has 1 aromatic carbocycles. The molecule has 0 saturated heterocycles. The van der Waals surface area contributed by atoms with E-state index < -0.39 is 0 Å². The van der Waals surface area contributed by atoms with Gasteiger partial charge in [0.2, 0.25) is 0 Å². The molecule has 0 unspecified atom stereocenters. The summed E-state index contributed by atoms with van der Waals surface area (Å²) in [6.07, 6.45) is 1.55. The van der Waals surface area contributed by atoms with Crippen LogP contribution < -0.4 is 5.32 Å². The van der Waals surface area contributed by atoms with E-state index in [1.807, 2.05) is 26.2 Å². The lowest BCUT2D eigenvalue weighted by atomic mass is 10.1. The predicted molar refractivity (Wildman–Crippen MR) is 62.3 cm³/mol. The van der Waals surface area contributed by atoms with Crippen LogP contribution >= 0.6 is 0 Å². The highest BCUT2D eigenvalue weighted by atomic mass is 16.6. The fourth-order valence-electron chi connectivity index (χ4n) is 1.87. The molecule has 0 amide bonds. The molecule has 84 valence electrons. The molecule has 0 aliphatic heterocycles. The van der Waals surface area contributed by atoms with Crippen LogP contribution in [0.15, 0.2) is 24.4 Å². The Kier molecular flexibility index (Phi) is 2.62. The molecule has 0 saturated carbocycles. The van der Waals surface area contributed by atoms with E-state index in [0.29, 0.717) is 5.39 Å². The quantitative estimate of drug-likeness (QED) is 0.632. The van der Waals surface area contributed by atoms with Crippen molar-refractivity contribution >= 4 is 16.6 Å². The zero-order chi connectivity index (χ0) is 11.7. The van der Waals surface area contributed by atoms with Crippen LogP contribution in [0.5, 0.6) is 0 Å². The second-order valence-electron chi connectivity index (χ2n) is 3.76. The molecule has 5 heteroatoms. The predicted octanol–water partition coefficient (Wildman–Crippen LogP) is 1.81.